The zero-order valence-corrected chi connectivity index (χ0v) is 9.46. The van der Waals surface area contributed by atoms with Crippen molar-refractivity contribution in [2.75, 3.05) is 6.26 Å². The van der Waals surface area contributed by atoms with E-state index in [0.717, 1.165) is 19.2 Å². The summed E-state index contributed by atoms with van der Waals surface area (Å²) in [6.07, 6.45) is 3.79. The minimum absolute atomic E-state index is 0.887. The minimum atomic E-state index is 0.887. The maximum absolute atomic E-state index is 4.40. The molecule has 62 valence electrons. The highest BCUT2D eigenvalue weighted by atomic mass is 79.9. The Labute approximate surface area is 86.5 Å². The van der Waals surface area contributed by atoms with Crippen molar-refractivity contribution in [2.45, 2.75) is 4.34 Å². The number of hydrogen-bond acceptors (Lipinski definition) is 4. The van der Waals surface area contributed by atoms with Crippen LogP contribution in [0.5, 0.6) is 0 Å². The molecule has 2 aromatic rings. The molecule has 12 heavy (non-hydrogen) atoms. The Morgan fingerprint density at radius 2 is 2.42 bits per heavy atom. The van der Waals surface area contributed by atoms with E-state index in [0.29, 0.717) is 0 Å². The molecule has 0 amide bonds. The van der Waals surface area contributed by atoms with Gasteiger partial charge < -0.3 is 0 Å². The van der Waals surface area contributed by atoms with Gasteiger partial charge in [0.1, 0.15) is 4.60 Å². The van der Waals surface area contributed by atoms with Crippen molar-refractivity contribution in [2.24, 2.45) is 0 Å². The molecule has 2 aromatic heterocycles. The molecule has 0 aliphatic heterocycles. The molecule has 0 aliphatic carbocycles. The highest BCUT2D eigenvalue weighted by molar-refractivity contribution is 9.10. The number of hydrogen-bond donors (Lipinski definition) is 0. The molecular formula is C7H5BrN2S2. The average molecular weight is 261 g/mol. The molecule has 0 saturated carbocycles. The first-order valence-electron chi connectivity index (χ1n) is 3.26. The van der Waals surface area contributed by atoms with Crippen LogP contribution in [0.1, 0.15) is 0 Å². The van der Waals surface area contributed by atoms with Crippen molar-refractivity contribution in [1.82, 2.24) is 9.97 Å². The van der Waals surface area contributed by atoms with Crippen molar-refractivity contribution < 1.29 is 0 Å². The number of halogens is 1. The molecule has 0 unspecified atom stereocenters. The van der Waals surface area contributed by atoms with E-state index in [-0.39, 0.29) is 0 Å². The van der Waals surface area contributed by atoms with E-state index in [1.165, 1.54) is 0 Å². The Kier molecular flexibility index (Phi) is 2.34. The van der Waals surface area contributed by atoms with Gasteiger partial charge >= 0.3 is 0 Å². The lowest BCUT2D eigenvalue weighted by Gasteiger charge is -1.87. The number of rotatable bonds is 1. The summed E-state index contributed by atoms with van der Waals surface area (Å²) >= 11 is 6.72. The van der Waals surface area contributed by atoms with Crippen molar-refractivity contribution in [3.8, 4) is 0 Å². The van der Waals surface area contributed by atoms with Gasteiger partial charge in [0.25, 0.3) is 0 Å². The number of aromatic nitrogens is 2. The molecule has 0 spiro atoms. The summed E-state index contributed by atoms with van der Waals surface area (Å²) in [5.74, 6) is 0. The Balaban J connectivity index is 2.74. The van der Waals surface area contributed by atoms with Crippen molar-refractivity contribution in [1.29, 1.82) is 0 Å². The molecule has 0 atom stereocenters. The van der Waals surface area contributed by atoms with Gasteiger partial charge in [-0.1, -0.05) is 11.8 Å². The maximum atomic E-state index is 4.40. The summed E-state index contributed by atoms with van der Waals surface area (Å²) < 4.78 is 3.10. The van der Waals surface area contributed by atoms with Crippen LogP contribution in [0.25, 0.3) is 10.2 Å². The summed E-state index contributed by atoms with van der Waals surface area (Å²) in [6, 6.07) is 1.93. The molecular weight excluding hydrogens is 256 g/mol. The fourth-order valence-corrected chi connectivity index (χ4v) is 2.90. The lowest BCUT2D eigenvalue weighted by Crippen LogP contribution is -1.73. The van der Waals surface area contributed by atoms with E-state index < -0.39 is 0 Å². The van der Waals surface area contributed by atoms with E-state index >= 15 is 0 Å². The molecule has 2 heterocycles. The first kappa shape index (κ1) is 8.47. The van der Waals surface area contributed by atoms with Gasteiger partial charge in [0.2, 0.25) is 0 Å². The fraction of sp³-hybridized carbons (Fsp3) is 0.143. The van der Waals surface area contributed by atoms with Gasteiger partial charge in [-0.3, -0.25) is 0 Å². The van der Waals surface area contributed by atoms with Crippen molar-refractivity contribution >= 4 is 49.2 Å². The normalized spacial score (nSPS) is 10.8. The number of nitrogens with zero attached hydrogens (tertiary/aromatic N) is 2. The highest BCUT2D eigenvalue weighted by Gasteiger charge is 2.05. The van der Waals surface area contributed by atoms with Crippen LogP contribution in [0.15, 0.2) is 21.2 Å². The molecule has 2 nitrogen and oxygen atoms in total. The van der Waals surface area contributed by atoms with Crippen LogP contribution < -0.4 is 0 Å². The van der Waals surface area contributed by atoms with Gasteiger partial charge in [-0.2, -0.15) is 0 Å². The average Bonchev–Trinajstić information content (AvgIpc) is 2.49. The molecule has 2 rings (SSSR count). The third kappa shape index (κ3) is 1.36. The van der Waals surface area contributed by atoms with Crippen LogP contribution in [0, 0.1) is 0 Å². The number of thioether (sulfide) groups is 1. The van der Waals surface area contributed by atoms with Crippen LogP contribution in [0.3, 0.4) is 0 Å². The van der Waals surface area contributed by atoms with Gasteiger partial charge in [-0.15, -0.1) is 11.3 Å². The first-order valence-corrected chi connectivity index (χ1v) is 6.09. The summed E-state index contributed by atoms with van der Waals surface area (Å²) in [6.45, 7) is 0. The molecule has 0 fully saturated rings. The summed E-state index contributed by atoms with van der Waals surface area (Å²) in [5.41, 5.74) is 1.02. The lowest BCUT2D eigenvalue weighted by molar-refractivity contribution is 1.28. The molecule has 0 aliphatic rings. The van der Waals surface area contributed by atoms with Crippen LogP contribution >= 0.6 is 39.0 Å². The lowest BCUT2D eigenvalue weighted by atomic mass is 10.4. The van der Waals surface area contributed by atoms with Gasteiger partial charge in [0.15, 0.2) is 4.34 Å². The number of thiazole rings is 1. The standard InChI is InChI=1S/C7H5BrN2S2/c1-11-7-10-4-2-3-9-6(8)5(4)12-7/h2-3H,1H3. The fourth-order valence-electron chi connectivity index (χ4n) is 0.892. The minimum Gasteiger partial charge on any atom is -0.248 e. The predicted molar refractivity (Wildman–Crippen MR) is 56.9 cm³/mol. The third-order valence-electron chi connectivity index (χ3n) is 1.42. The van der Waals surface area contributed by atoms with Crippen molar-refractivity contribution in [3.63, 3.8) is 0 Å². The predicted octanol–water partition coefficient (Wildman–Crippen LogP) is 3.18. The van der Waals surface area contributed by atoms with Crippen molar-refractivity contribution in [3.05, 3.63) is 16.9 Å². The van der Waals surface area contributed by atoms with Gasteiger partial charge in [0.05, 0.1) is 10.2 Å². The van der Waals surface area contributed by atoms with Gasteiger partial charge in [0, 0.05) is 6.20 Å². The van der Waals surface area contributed by atoms with Crippen LogP contribution in [-0.2, 0) is 0 Å². The van der Waals surface area contributed by atoms with E-state index in [4.69, 9.17) is 0 Å². The number of fused-ring (bicyclic) bond motifs is 1. The van der Waals surface area contributed by atoms with E-state index in [2.05, 4.69) is 25.9 Å². The largest absolute Gasteiger partial charge is 0.248 e. The van der Waals surface area contributed by atoms with E-state index in [9.17, 15) is 0 Å². The zero-order valence-electron chi connectivity index (χ0n) is 6.24. The summed E-state index contributed by atoms with van der Waals surface area (Å²) in [5, 5.41) is 0. The topological polar surface area (TPSA) is 25.8 Å². The zero-order chi connectivity index (χ0) is 8.55. The Hall–Kier alpha value is -0.130. The Bertz CT molecular complexity index is 413. The maximum Gasteiger partial charge on any atom is 0.150 e. The quantitative estimate of drug-likeness (QED) is 0.582. The summed E-state index contributed by atoms with van der Waals surface area (Å²) in [4.78, 5) is 8.54. The third-order valence-corrected chi connectivity index (χ3v) is 4.34. The second-order valence-corrected chi connectivity index (χ2v) is 4.94. The van der Waals surface area contributed by atoms with Crippen LogP contribution in [0.2, 0.25) is 0 Å². The Morgan fingerprint density at radius 1 is 1.58 bits per heavy atom. The van der Waals surface area contributed by atoms with Gasteiger partial charge in [-0.25, -0.2) is 9.97 Å². The SMILES string of the molecule is CSc1nc2ccnc(Br)c2s1. The highest BCUT2D eigenvalue weighted by Crippen LogP contribution is 2.31. The number of pyridine rings is 1. The monoisotopic (exact) mass is 260 g/mol. The Morgan fingerprint density at radius 3 is 3.08 bits per heavy atom. The van der Waals surface area contributed by atoms with Gasteiger partial charge in [-0.05, 0) is 28.3 Å². The summed E-state index contributed by atoms with van der Waals surface area (Å²) in [7, 11) is 0. The first-order chi connectivity index (χ1) is 5.81. The molecule has 5 heteroatoms. The molecule has 0 radical (unpaired) electrons. The second-order valence-electron chi connectivity index (χ2n) is 2.13. The van der Waals surface area contributed by atoms with Crippen LogP contribution in [-0.4, -0.2) is 16.2 Å². The van der Waals surface area contributed by atoms with E-state index in [1.54, 1.807) is 29.3 Å². The molecule has 0 aromatic carbocycles. The smallest absolute Gasteiger partial charge is 0.150 e. The molecule has 0 bridgehead atoms. The van der Waals surface area contributed by atoms with Crippen LogP contribution in [0.4, 0.5) is 0 Å². The van der Waals surface area contributed by atoms with E-state index in [1.807, 2.05) is 12.3 Å². The second kappa shape index (κ2) is 3.32. The molecule has 0 saturated heterocycles. The molecule has 0 N–H and O–H groups in total.